The average molecular weight is 1880 g/mol. The van der Waals surface area contributed by atoms with Gasteiger partial charge in [0.25, 0.3) is 16.7 Å². The SMILES string of the molecule is CCOC(=O)OC1C[C@H](n2cnc(N)nc2=O)O[C@@H]1COP(=O)(O)OC1C[C@H](n2cnc3c(=O)[nH]c(C)nc32)O[C@@H]1CC.CCOC(=O)OC1C[C@H](n2cnc3c(=O)[nH]c(C)nc32)O[C@@H]1COP(=O)(O)OC1C[C@H](n2cnc(N)nc2=O)O[C@@H]1CC.CC[C@H]1O[C@@H](n2cnc(N)nc2=O)CC1OP(=O)(O)OC[C@H]1O[C@@H](n2cnc3c(=O)[nH]c(C)nc32)CC1OC(=O)N(C)C. The maximum atomic E-state index is 13.1. The van der Waals surface area contributed by atoms with Gasteiger partial charge in [-0.25, -0.2) is 87.3 Å². The van der Waals surface area contributed by atoms with Crippen molar-refractivity contribution in [2.75, 3.05) is 64.3 Å². The summed E-state index contributed by atoms with van der Waals surface area (Å²) in [5.41, 5.74) is 14.0. The van der Waals surface area contributed by atoms with Crippen LogP contribution in [0.4, 0.5) is 32.2 Å². The zero-order valence-corrected chi connectivity index (χ0v) is 73.2. The van der Waals surface area contributed by atoms with E-state index in [1.165, 1.54) is 59.8 Å². The number of ether oxygens (including phenoxy) is 11. The number of anilines is 3. The predicted octanol–water partition coefficient (Wildman–Crippen LogP) is 1.60. The Kier molecular flexibility index (Phi) is 29.9. The van der Waals surface area contributed by atoms with E-state index in [2.05, 4.69) is 74.8 Å². The highest BCUT2D eigenvalue weighted by Crippen LogP contribution is 2.53. The van der Waals surface area contributed by atoms with Crippen LogP contribution in [-0.2, 0) is 92.9 Å². The van der Waals surface area contributed by atoms with E-state index >= 15 is 0 Å². The molecule has 0 bridgehead atoms. The molecule has 0 spiro atoms. The zero-order valence-electron chi connectivity index (χ0n) is 70.5. The first-order chi connectivity index (χ1) is 61.3. The molecule has 0 saturated carbocycles. The standard InChI is InChI=1S/C23H32N9O10P.2C23H31N8O11P/c1-5-12-14(7-17(39-12)32-10-26-21(24)29-22(32)34)42-43(36,37)38-8-15-13(41-23(35)30(3)4)6-16(40-15)31-9-25-18-19(31)27-11(2)28-20(18)33;1-4-12-14(7-16(39-12)30-9-25-18-19(30)27-11(3)28-20(18)32)42-43(35,36)38-8-15-13(41-23(34)37-5-2)6-17(40-15)31-10-26-21(24)29-22(31)33;1-4-12-14(7-17(39-12)31-10-26-21(24)29-22(31)33)42-43(35,36)38-8-15-13(41-23(34)37-5-2)6-16(40-15)30-9-25-18-19(30)27-11(3)28-20(18)32/h9-10,12-17H,5-8H2,1-4H3,(H,36,37)(H2,24,29,34)(H,27,28,33);2*9-10,12-17H,4-8H2,1-3H3,(H,35,36)(H2,24,29,33)(H,27,28,32)/t3*12-,13?,14?,15-,16-,17-/m111/s1. The largest absolute Gasteiger partial charge is 0.508 e. The Morgan fingerprint density at radius 2 is 0.659 bits per heavy atom. The highest BCUT2D eigenvalue weighted by molar-refractivity contribution is 7.48. The number of aromatic nitrogens is 21. The molecule has 6 saturated heterocycles. The van der Waals surface area contributed by atoms with Gasteiger partial charge in [0.05, 0.1) is 88.6 Å². The van der Waals surface area contributed by atoms with E-state index in [0.29, 0.717) is 42.4 Å². The van der Waals surface area contributed by atoms with Gasteiger partial charge in [-0.2, -0.15) is 15.0 Å². The first-order valence-electron chi connectivity index (χ1n) is 40.2. The number of phosphoric ester groups is 3. The summed E-state index contributed by atoms with van der Waals surface area (Å²) in [6.45, 7) is 12.0. The zero-order chi connectivity index (χ0) is 92.8. The van der Waals surface area contributed by atoms with Crippen LogP contribution in [0.2, 0.25) is 0 Å². The summed E-state index contributed by atoms with van der Waals surface area (Å²) in [4.78, 5) is 198. The van der Waals surface area contributed by atoms with E-state index in [9.17, 15) is 71.5 Å². The third-order valence-electron chi connectivity index (χ3n) is 20.7. The Bertz CT molecular complexity index is 6090. The second-order valence-electron chi connectivity index (χ2n) is 29.8. The van der Waals surface area contributed by atoms with Crippen LogP contribution in [0.25, 0.3) is 33.5 Å². The molecule has 9 aromatic heterocycles. The summed E-state index contributed by atoms with van der Waals surface area (Å²) in [6, 6.07) is 0. The number of nitrogens with one attached hydrogen (secondary N) is 3. The van der Waals surface area contributed by atoms with Crippen LogP contribution in [0.3, 0.4) is 0 Å². The topological polar surface area (TPSA) is 735 Å². The van der Waals surface area contributed by atoms with Gasteiger partial charge in [-0.3, -0.25) is 68.9 Å². The molecule has 12 N–H and O–H groups in total. The smallest absolute Gasteiger partial charge is 0.443 e. The predicted molar refractivity (Wildman–Crippen MR) is 433 cm³/mol. The lowest BCUT2D eigenvalue weighted by atomic mass is 10.1. The number of H-pyrrole nitrogens is 3. The maximum Gasteiger partial charge on any atom is 0.508 e. The van der Waals surface area contributed by atoms with E-state index < -0.39 is 206 Å². The minimum absolute atomic E-state index is 0.0233. The van der Waals surface area contributed by atoms with Crippen LogP contribution >= 0.6 is 23.5 Å². The van der Waals surface area contributed by atoms with Crippen molar-refractivity contribution in [2.45, 2.75) is 224 Å². The fourth-order valence-corrected chi connectivity index (χ4v) is 17.6. The van der Waals surface area contributed by atoms with Crippen LogP contribution in [0.1, 0.15) is 147 Å². The first kappa shape index (κ1) is 95.4. The van der Waals surface area contributed by atoms with E-state index in [1.807, 2.05) is 6.92 Å². The number of phosphoric acid groups is 3. The van der Waals surface area contributed by atoms with Crippen LogP contribution in [0, 0.1) is 20.8 Å². The van der Waals surface area contributed by atoms with Gasteiger partial charge in [-0.15, -0.1) is 0 Å². The van der Waals surface area contributed by atoms with Gasteiger partial charge >= 0.3 is 58.9 Å². The van der Waals surface area contributed by atoms with Crippen molar-refractivity contribution in [1.29, 1.82) is 0 Å². The number of nitrogens with two attached hydrogens (primary N) is 3. The first-order valence-corrected chi connectivity index (χ1v) is 44.7. The van der Waals surface area contributed by atoms with Crippen molar-refractivity contribution in [2.24, 2.45) is 0 Å². The van der Waals surface area contributed by atoms with Crippen LogP contribution in [0.15, 0.2) is 66.7 Å². The minimum atomic E-state index is -4.74. The second kappa shape index (κ2) is 40.4. The number of hydrogen-bond acceptors (Lipinski definition) is 44. The third-order valence-corrected chi connectivity index (χ3v) is 23.7. The van der Waals surface area contributed by atoms with E-state index in [0.717, 1.165) is 20.0 Å². The highest BCUT2D eigenvalue weighted by atomic mass is 31.2. The molecule has 57 nitrogen and oxygen atoms in total. The molecule has 15 heterocycles. The number of nitrogens with zero attached hydrogens (tertiary/aromatic N) is 19. The molecule has 129 heavy (non-hydrogen) atoms. The Morgan fingerprint density at radius 3 is 0.922 bits per heavy atom. The van der Waals surface area contributed by atoms with Gasteiger partial charge in [0.1, 0.15) is 110 Å². The number of imidazole rings is 3. The monoisotopic (exact) mass is 1880 g/mol. The lowest BCUT2D eigenvalue weighted by molar-refractivity contribution is -0.0605. The number of carbonyl (C=O) groups excluding carboxylic acids is 3. The van der Waals surface area contributed by atoms with Gasteiger partial charge in [0.2, 0.25) is 17.8 Å². The van der Waals surface area contributed by atoms with E-state index in [1.54, 1.807) is 53.0 Å². The summed E-state index contributed by atoms with van der Waals surface area (Å²) in [5, 5.41) is 0. The van der Waals surface area contributed by atoms with Gasteiger partial charge in [0, 0.05) is 52.6 Å². The Balaban J connectivity index is 0.000000165. The molecule has 702 valence electrons. The third kappa shape index (κ3) is 22.8. The van der Waals surface area contributed by atoms with E-state index in [4.69, 9.17) is 96.4 Å². The Labute approximate surface area is 725 Å². The summed E-state index contributed by atoms with van der Waals surface area (Å²) < 4.78 is 141. The van der Waals surface area contributed by atoms with Crippen molar-refractivity contribution in [1.82, 2.24) is 107 Å². The maximum absolute atomic E-state index is 13.1. The van der Waals surface area contributed by atoms with Crippen molar-refractivity contribution in [3.63, 3.8) is 0 Å². The summed E-state index contributed by atoms with van der Waals surface area (Å²) in [5.74, 6) is 0.479. The number of nitrogen functional groups attached to an aromatic ring is 3. The molecule has 60 heteroatoms. The van der Waals surface area contributed by atoms with Gasteiger partial charge in [-0.05, 0) is 53.9 Å². The molecule has 6 aliphatic rings. The molecule has 9 aromatic rings. The Hall–Kier alpha value is -11.2. The number of hydrogen-bond donors (Lipinski definition) is 9. The molecule has 21 atom stereocenters. The molecule has 0 aromatic carbocycles. The van der Waals surface area contributed by atoms with Crippen molar-refractivity contribution in [3.8, 4) is 0 Å². The van der Waals surface area contributed by atoms with Crippen molar-refractivity contribution in [3.05, 3.63) is 118 Å². The molecular weight excluding hydrogens is 1780 g/mol. The molecular formula is C69H94N25O32P3. The Morgan fingerprint density at radius 1 is 0.403 bits per heavy atom. The lowest BCUT2D eigenvalue weighted by Crippen LogP contribution is -2.35. The molecule has 6 aliphatic heterocycles. The van der Waals surface area contributed by atoms with Crippen LogP contribution in [0.5, 0.6) is 0 Å². The van der Waals surface area contributed by atoms with Crippen molar-refractivity contribution < 1.29 is 122 Å². The summed E-state index contributed by atoms with van der Waals surface area (Å²) in [7, 11) is -11.2. The normalized spacial score (nSPS) is 26.9. The molecule has 9 unspecified atom stereocenters. The molecule has 0 aliphatic carbocycles. The van der Waals surface area contributed by atoms with Crippen molar-refractivity contribution >= 4 is 93.2 Å². The minimum Gasteiger partial charge on any atom is -0.443 e. The summed E-state index contributed by atoms with van der Waals surface area (Å²) in [6.07, 6.45) is -9.11. The molecule has 1 amide bonds. The molecule has 15 rings (SSSR count). The fraction of sp³-hybridized carbons (Fsp3) is 0.609. The fourth-order valence-electron chi connectivity index (χ4n) is 14.8. The average Bonchev–Trinajstić information content (AvgIpc) is 1.63. The summed E-state index contributed by atoms with van der Waals surface area (Å²) >= 11 is 0. The number of fused-ring (bicyclic) bond motifs is 3. The molecule has 6 fully saturated rings. The highest BCUT2D eigenvalue weighted by Gasteiger charge is 2.50. The number of aryl methyl sites for hydroxylation is 3. The van der Waals surface area contributed by atoms with Gasteiger partial charge < -0.3 is 104 Å². The number of amides is 1. The number of carbonyl (C=O) groups is 3. The van der Waals surface area contributed by atoms with Crippen LogP contribution in [-0.4, -0.2) is 261 Å². The quantitative estimate of drug-likeness (QED) is 0.0183. The number of aromatic amines is 3. The second-order valence-corrected chi connectivity index (χ2v) is 34.0. The molecule has 0 radical (unpaired) electrons. The van der Waals surface area contributed by atoms with Gasteiger partial charge in [-0.1, -0.05) is 20.8 Å². The van der Waals surface area contributed by atoms with E-state index in [-0.39, 0.29) is 97.4 Å². The number of rotatable bonds is 29. The lowest BCUT2D eigenvalue weighted by Gasteiger charge is -2.23. The van der Waals surface area contributed by atoms with Crippen LogP contribution < -0.4 is 50.9 Å². The van der Waals surface area contributed by atoms with Gasteiger partial charge in [0.15, 0.2) is 33.5 Å².